The van der Waals surface area contributed by atoms with Crippen molar-refractivity contribution in [1.82, 2.24) is 9.97 Å². The minimum absolute atomic E-state index is 0.234. The van der Waals surface area contributed by atoms with Crippen molar-refractivity contribution < 1.29 is 0 Å². The van der Waals surface area contributed by atoms with Crippen molar-refractivity contribution in [3.63, 3.8) is 0 Å². The second-order valence-electron chi connectivity index (χ2n) is 5.00. The average Bonchev–Trinajstić information content (AvgIpc) is 2.14. The maximum absolute atomic E-state index is 4.53. The molecule has 0 aliphatic heterocycles. The Morgan fingerprint density at radius 1 is 1.27 bits per heavy atom. The van der Waals surface area contributed by atoms with Crippen LogP contribution in [0.5, 0.6) is 0 Å². The molecule has 0 atom stereocenters. The van der Waals surface area contributed by atoms with Crippen molar-refractivity contribution in [3.05, 3.63) is 17.6 Å². The first kappa shape index (κ1) is 12.0. The van der Waals surface area contributed by atoms with Gasteiger partial charge in [-0.1, -0.05) is 27.7 Å². The highest BCUT2D eigenvalue weighted by Crippen LogP contribution is 2.19. The van der Waals surface area contributed by atoms with Crippen LogP contribution in [0.25, 0.3) is 0 Å². The van der Waals surface area contributed by atoms with E-state index in [2.05, 4.69) is 43.0 Å². The molecule has 0 amide bonds. The van der Waals surface area contributed by atoms with Crippen LogP contribution in [0.2, 0.25) is 0 Å². The summed E-state index contributed by atoms with van der Waals surface area (Å²) in [5.41, 5.74) is 1.34. The van der Waals surface area contributed by atoms with E-state index in [4.69, 9.17) is 0 Å². The normalized spacial score (nSPS) is 11.5. The van der Waals surface area contributed by atoms with E-state index in [9.17, 15) is 0 Å². The quantitative estimate of drug-likeness (QED) is 0.828. The second kappa shape index (κ2) is 4.60. The van der Waals surface area contributed by atoms with Gasteiger partial charge in [-0.25, -0.2) is 9.97 Å². The van der Waals surface area contributed by atoms with E-state index in [1.807, 2.05) is 13.1 Å². The third-order valence-electron chi connectivity index (χ3n) is 2.13. The number of hydrogen-bond donors (Lipinski definition) is 1. The topological polar surface area (TPSA) is 37.8 Å². The van der Waals surface area contributed by atoms with Crippen LogP contribution < -0.4 is 5.32 Å². The highest BCUT2D eigenvalue weighted by atomic mass is 15.0. The Bertz CT molecular complexity index is 304. The van der Waals surface area contributed by atoms with Crippen molar-refractivity contribution in [1.29, 1.82) is 0 Å². The SMILES string of the molecule is CCc1cc(NC)nc(CC(C)(C)C)n1. The van der Waals surface area contributed by atoms with Crippen LogP contribution in [-0.2, 0) is 12.8 Å². The van der Waals surface area contributed by atoms with E-state index in [1.54, 1.807) is 0 Å². The predicted molar refractivity (Wildman–Crippen MR) is 64.1 cm³/mol. The van der Waals surface area contributed by atoms with Crippen molar-refractivity contribution in [2.24, 2.45) is 5.41 Å². The first-order valence-corrected chi connectivity index (χ1v) is 5.49. The molecule has 0 aromatic carbocycles. The minimum Gasteiger partial charge on any atom is -0.373 e. The van der Waals surface area contributed by atoms with Gasteiger partial charge in [0.1, 0.15) is 11.6 Å². The van der Waals surface area contributed by atoms with E-state index < -0.39 is 0 Å². The van der Waals surface area contributed by atoms with Gasteiger partial charge in [-0.3, -0.25) is 0 Å². The Kier molecular flexibility index (Phi) is 3.66. The summed E-state index contributed by atoms with van der Waals surface area (Å²) in [6.45, 7) is 8.72. The molecule has 0 fully saturated rings. The zero-order chi connectivity index (χ0) is 11.5. The molecule has 3 nitrogen and oxygen atoms in total. The Morgan fingerprint density at radius 2 is 1.93 bits per heavy atom. The lowest BCUT2D eigenvalue weighted by molar-refractivity contribution is 0.400. The predicted octanol–water partition coefficient (Wildman–Crippen LogP) is 2.67. The highest BCUT2D eigenvalue weighted by Gasteiger charge is 2.14. The first-order valence-electron chi connectivity index (χ1n) is 5.49. The third kappa shape index (κ3) is 3.86. The van der Waals surface area contributed by atoms with Crippen LogP contribution in [0.1, 0.15) is 39.2 Å². The van der Waals surface area contributed by atoms with Crippen molar-refractivity contribution in [2.75, 3.05) is 12.4 Å². The van der Waals surface area contributed by atoms with Gasteiger partial charge in [0.25, 0.3) is 0 Å². The van der Waals surface area contributed by atoms with Crippen molar-refractivity contribution >= 4 is 5.82 Å². The maximum atomic E-state index is 4.53. The maximum Gasteiger partial charge on any atom is 0.131 e. The van der Waals surface area contributed by atoms with Crippen molar-refractivity contribution in [2.45, 2.75) is 40.5 Å². The Hall–Kier alpha value is -1.12. The van der Waals surface area contributed by atoms with E-state index in [1.165, 1.54) is 0 Å². The lowest BCUT2D eigenvalue weighted by Gasteiger charge is -2.17. The number of anilines is 1. The van der Waals surface area contributed by atoms with Gasteiger partial charge in [0, 0.05) is 25.2 Å². The van der Waals surface area contributed by atoms with E-state index in [0.717, 1.165) is 30.2 Å². The summed E-state index contributed by atoms with van der Waals surface area (Å²) in [5, 5.41) is 3.08. The van der Waals surface area contributed by atoms with Gasteiger partial charge >= 0.3 is 0 Å². The van der Waals surface area contributed by atoms with Gasteiger partial charge in [0.2, 0.25) is 0 Å². The van der Waals surface area contributed by atoms with Gasteiger partial charge in [-0.15, -0.1) is 0 Å². The number of nitrogens with zero attached hydrogens (tertiary/aromatic N) is 2. The van der Waals surface area contributed by atoms with Crippen molar-refractivity contribution in [3.8, 4) is 0 Å². The molecule has 3 heteroatoms. The fourth-order valence-electron chi connectivity index (χ4n) is 1.41. The minimum atomic E-state index is 0.234. The molecule has 84 valence electrons. The summed E-state index contributed by atoms with van der Waals surface area (Å²) in [4.78, 5) is 9.00. The fourth-order valence-corrected chi connectivity index (χ4v) is 1.41. The van der Waals surface area contributed by atoms with Crippen LogP contribution >= 0.6 is 0 Å². The average molecular weight is 207 g/mol. The van der Waals surface area contributed by atoms with Gasteiger partial charge in [0.15, 0.2) is 0 Å². The van der Waals surface area contributed by atoms with Crippen LogP contribution in [0, 0.1) is 5.41 Å². The molecule has 1 rings (SSSR count). The molecule has 0 radical (unpaired) electrons. The molecule has 0 unspecified atom stereocenters. The van der Waals surface area contributed by atoms with Gasteiger partial charge in [-0.05, 0) is 11.8 Å². The van der Waals surface area contributed by atoms with E-state index in [0.29, 0.717) is 0 Å². The third-order valence-corrected chi connectivity index (χ3v) is 2.13. The summed E-state index contributed by atoms with van der Waals surface area (Å²) < 4.78 is 0. The molecule has 0 saturated carbocycles. The van der Waals surface area contributed by atoms with Crippen LogP contribution in [0.3, 0.4) is 0 Å². The molecular weight excluding hydrogens is 186 g/mol. The molecular formula is C12H21N3. The number of aryl methyl sites for hydroxylation is 1. The molecule has 1 aromatic rings. The zero-order valence-corrected chi connectivity index (χ0v) is 10.4. The number of hydrogen-bond acceptors (Lipinski definition) is 3. The van der Waals surface area contributed by atoms with Gasteiger partial charge in [-0.2, -0.15) is 0 Å². The molecule has 1 heterocycles. The Labute approximate surface area is 92.3 Å². The smallest absolute Gasteiger partial charge is 0.131 e. The molecule has 0 spiro atoms. The monoisotopic (exact) mass is 207 g/mol. The first-order chi connectivity index (χ1) is 6.94. The van der Waals surface area contributed by atoms with Crippen LogP contribution in [0.15, 0.2) is 6.07 Å². The summed E-state index contributed by atoms with van der Waals surface area (Å²) in [6.07, 6.45) is 1.86. The van der Waals surface area contributed by atoms with E-state index >= 15 is 0 Å². The second-order valence-corrected chi connectivity index (χ2v) is 5.00. The molecule has 0 bridgehead atoms. The Morgan fingerprint density at radius 3 is 2.40 bits per heavy atom. The number of rotatable bonds is 3. The number of nitrogens with one attached hydrogen (secondary N) is 1. The van der Waals surface area contributed by atoms with Crippen LogP contribution in [-0.4, -0.2) is 17.0 Å². The lowest BCUT2D eigenvalue weighted by Crippen LogP contribution is -2.13. The molecule has 0 saturated heterocycles. The molecule has 0 aliphatic rings. The molecule has 1 aromatic heterocycles. The van der Waals surface area contributed by atoms with Gasteiger partial charge in [0.05, 0.1) is 0 Å². The standard InChI is InChI=1S/C12H21N3/c1-6-9-7-10(13-5)15-11(14-9)8-12(2,3)4/h7H,6,8H2,1-5H3,(H,13,14,15). The summed E-state index contributed by atoms with van der Waals surface area (Å²) in [5.74, 6) is 1.85. The lowest BCUT2D eigenvalue weighted by atomic mass is 9.92. The summed E-state index contributed by atoms with van der Waals surface area (Å²) >= 11 is 0. The molecule has 0 aliphatic carbocycles. The summed E-state index contributed by atoms with van der Waals surface area (Å²) in [7, 11) is 1.89. The number of aromatic nitrogens is 2. The highest BCUT2D eigenvalue weighted by molar-refractivity contribution is 5.35. The Balaban J connectivity index is 2.97. The fraction of sp³-hybridized carbons (Fsp3) is 0.667. The largest absolute Gasteiger partial charge is 0.373 e. The molecule has 15 heavy (non-hydrogen) atoms. The van der Waals surface area contributed by atoms with E-state index in [-0.39, 0.29) is 5.41 Å². The van der Waals surface area contributed by atoms with Crippen LogP contribution in [0.4, 0.5) is 5.82 Å². The van der Waals surface area contributed by atoms with Gasteiger partial charge < -0.3 is 5.32 Å². The zero-order valence-electron chi connectivity index (χ0n) is 10.4. The summed E-state index contributed by atoms with van der Waals surface area (Å²) in [6, 6.07) is 2.01. The molecule has 1 N–H and O–H groups in total.